The topological polar surface area (TPSA) is 46.5 Å². The first-order valence-electron chi connectivity index (χ1n) is 4.49. The fourth-order valence-corrected chi connectivity index (χ4v) is 0.976. The van der Waals surface area contributed by atoms with Crippen molar-refractivity contribution in [1.29, 1.82) is 0 Å². The molecule has 0 aliphatic rings. The number of hydrogen-bond donors (Lipinski definition) is 1. The average molecular weight is 206 g/mol. The number of carbonyl (C=O) groups excluding carboxylic acids is 1. The number of carbonyl (C=O) groups is 1. The third kappa shape index (κ3) is 9.48. The summed E-state index contributed by atoms with van der Waals surface area (Å²) in [4.78, 5) is 10.7. The second-order valence-corrected chi connectivity index (χ2v) is 4.16. The lowest BCUT2D eigenvalue weighted by Gasteiger charge is -2.26. The predicted molar refractivity (Wildman–Crippen MR) is 56.9 cm³/mol. The monoisotopic (exact) mass is 206 g/mol. The highest BCUT2D eigenvalue weighted by Gasteiger charge is 2.16. The normalized spacial score (nSPS) is 12.9. The number of likely N-dealkylation sites (N-methyl/N-ethyl adjacent to an activating group) is 1. The molecule has 0 aromatic carbocycles. The molecule has 4 nitrogen and oxygen atoms in total. The molecule has 0 amide bonds. The van der Waals surface area contributed by atoms with Gasteiger partial charge in [0.25, 0.3) is 0 Å². The van der Waals surface area contributed by atoms with Crippen LogP contribution in [-0.4, -0.2) is 56.0 Å². The summed E-state index contributed by atoms with van der Waals surface area (Å²) in [6, 6.07) is 0. The van der Waals surface area contributed by atoms with Gasteiger partial charge in [-0.3, -0.25) is 4.79 Å². The van der Waals surface area contributed by atoms with Crippen molar-refractivity contribution in [2.75, 3.05) is 34.3 Å². The SMILES string of the molecule is C.CCC(=O)OCC(O)C[N+](C)(C)C. The Kier molecular flexibility index (Phi) is 7.68. The van der Waals surface area contributed by atoms with Crippen molar-refractivity contribution >= 4 is 5.97 Å². The zero-order valence-corrected chi connectivity index (χ0v) is 8.91. The van der Waals surface area contributed by atoms with Gasteiger partial charge in [-0.25, -0.2) is 0 Å². The number of hydrogen-bond acceptors (Lipinski definition) is 3. The molecule has 0 rings (SSSR count). The van der Waals surface area contributed by atoms with Gasteiger partial charge in [-0.2, -0.15) is 0 Å². The molecule has 14 heavy (non-hydrogen) atoms. The fraction of sp³-hybridized carbons (Fsp3) is 0.900. The van der Waals surface area contributed by atoms with Crippen LogP contribution in [0.4, 0.5) is 0 Å². The minimum absolute atomic E-state index is 0. The maximum absolute atomic E-state index is 10.7. The van der Waals surface area contributed by atoms with Crippen molar-refractivity contribution < 1.29 is 19.1 Å². The standard InChI is InChI=1S/C9H20NO3.CH4/c1-5-9(12)13-7-8(11)6-10(2,3)4;/h8,11H,5-7H2,1-4H3;1H4/q+1;. The Labute approximate surface area is 87.1 Å². The van der Waals surface area contributed by atoms with Crippen LogP contribution in [0.25, 0.3) is 0 Å². The van der Waals surface area contributed by atoms with Gasteiger partial charge in [0, 0.05) is 6.42 Å². The maximum Gasteiger partial charge on any atom is 0.305 e. The molecule has 0 fully saturated rings. The third-order valence-electron chi connectivity index (χ3n) is 1.48. The largest absolute Gasteiger partial charge is 0.463 e. The molecule has 0 aliphatic carbocycles. The van der Waals surface area contributed by atoms with E-state index in [1.807, 2.05) is 21.1 Å². The molecule has 4 heteroatoms. The van der Waals surface area contributed by atoms with Crippen LogP contribution in [0.2, 0.25) is 0 Å². The molecule has 0 bridgehead atoms. The lowest BCUT2D eigenvalue weighted by Crippen LogP contribution is -2.43. The van der Waals surface area contributed by atoms with Crippen LogP contribution < -0.4 is 0 Å². The van der Waals surface area contributed by atoms with E-state index in [0.717, 1.165) is 0 Å². The summed E-state index contributed by atoms with van der Waals surface area (Å²) in [6.45, 7) is 2.41. The summed E-state index contributed by atoms with van der Waals surface area (Å²) >= 11 is 0. The molecule has 0 aromatic heterocycles. The molecule has 1 N–H and O–H groups in total. The van der Waals surface area contributed by atoms with Crippen LogP contribution in [0, 0.1) is 0 Å². The smallest absolute Gasteiger partial charge is 0.305 e. The third-order valence-corrected chi connectivity index (χ3v) is 1.48. The molecule has 0 saturated heterocycles. The van der Waals surface area contributed by atoms with Crippen LogP contribution in [-0.2, 0) is 9.53 Å². The maximum atomic E-state index is 10.7. The van der Waals surface area contributed by atoms with Crippen LogP contribution in [0.3, 0.4) is 0 Å². The zero-order valence-electron chi connectivity index (χ0n) is 8.91. The fourth-order valence-electron chi connectivity index (χ4n) is 0.976. The van der Waals surface area contributed by atoms with Gasteiger partial charge in [0.1, 0.15) is 19.3 Å². The van der Waals surface area contributed by atoms with Crippen LogP contribution in [0.5, 0.6) is 0 Å². The van der Waals surface area contributed by atoms with Gasteiger partial charge >= 0.3 is 5.97 Å². The van der Waals surface area contributed by atoms with Crippen molar-refractivity contribution in [2.45, 2.75) is 26.9 Å². The lowest BCUT2D eigenvalue weighted by molar-refractivity contribution is -0.873. The van der Waals surface area contributed by atoms with E-state index in [1.54, 1.807) is 6.92 Å². The summed E-state index contributed by atoms with van der Waals surface area (Å²) in [5, 5.41) is 9.44. The molecule has 1 unspecified atom stereocenters. The minimum Gasteiger partial charge on any atom is -0.463 e. The van der Waals surface area contributed by atoms with Gasteiger partial charge in [-0.15, -0.1) is 0 Å². The van der Waals surface area contributed by atoms with E-state index in [9.17, 15) is 9.90 Å². The molecule has 0 aliphatic heterocycles. The first-order valence-corrected chi connectivity index (χ1v) is 4.49. The number of aliphatic hydroxyl groups excluding tert-OH is 1. The Morgan fingerprint density at radius 2 is 1.93 bits per heavy atom. The molecule has 86 valence electrons. The van der Waals surface area contributed by atoms with E-state index >= 15 is 0 Å². The van der Waals surface area contributed by atoms with E-state index in [2.05, 4.69) is 0 Å². The van der Waals surface area contributed by atoms with E-state index in [-0.39, 0.29) is 20.0 Å². The average Bonchev–Trinajstić information content (AvgIpc) is 1.97. The van der Waals surface area contributed by atoms with Crippen molar-refractivity contribution in [3.05, 3.63) is 0 Å². The van der Waals surface area contributed by atoms with Gasteiger partial charge in [0.05, 0.1) is 21.1 Å². The number of nitrogens with zero attached hydrogens (tertiary/aromatic N) is 1. The quantitative estimate of drug-likeness (QED) is 0.530. The predicted octanol–water partition coefficient (Wildman–Crippen LogP) is 0.643. The van der Waals surface area contributed by atoms with Gasteiger partial charge in [0.15, 0.2) is 0 Å². The van der Waals surface area contributed by atoms with Crippen molar-refractivity contribution in [3.63, 3.8) is 0 Å². The highest BCUT2D eigenvalue weighted by Crippen LogP contribution is 1.96. The molecular formula is C10H24NO3+. The van der Waals surface area contributed by atoms with Crippen LogP contribution in [0.15, 0.2) is 0 Å². The summed E-state index contributed by atoms with van der Waals surface area (Å²) in [7, 11) is 5.93. The molecule has 0 spiro atoms. The molecule has 1 atom stereocenters. The number of esters is 1. The number of ether oxygens (including phenoxy) is 1. The Bertz CT molecular complexity index is 163. The number of aliphatic hydroxyl groups is 1. The Morgan fingerprint density at radius 1 is 1.43 bits per heavy atom. The number of quaternary nitrogens is 1. The molecule has 0 radical (unpaired) electrons. The highest BCUT2D eigenvalue weighted by atomic mass is 16.5. The Hall–Kier alpha value is -0.610. The molecule has 0 aromatic rings. The van der Waals surface area contributed by atoms with E-state index in [4.69, 9.17) is 4.74 Å². The van der Waals surface area contributed by atoms with Gasteiger partial charge in [0.2, 0.25) is 0 Å². The van der Waals surface area contributed by atoms with Crippen molar-refractivity contribution in [2.24, 2.45) is 0 Å². The molecular weight excluding hydrogens is 182 g/mol. The second kappa shape index (κ2) is 6.79. The molecule has 0 saturated carbocycles. The number of rotatable bonds is 5. The van der Waals surface area contributed by atoms with Gasteiger partial charge < -0.3 is 14.3 Å². The second-order valence-electron chi connectivity index (χ2n) is 4.16. The summed E-state index contributed by atoms with van der Waals surface area (Å²) < 4.78 is 5.46. The minimum atomic E-state index is -0.574. The van der Waals surface area contributed by atoms with E-state index in [1.165, 1.54) is 0 Å². The van der Waals surface area contributed by atoms with Crippen LogP contribution >= 0.6 is 0 Å². The zero-order chi connectivity index (χ0) is 10.5. The van der Waals surface area contributed by atoms with E-state index in [0.29, 0.717) is 17.4 Å². The Balaban J connectivity index is 0. The lowest BCUT2D eigenvalue weighted by atomic mass is 10.3. The first kappa shape index (κ1) is 15.8. The van der Waals surface area contributed by atoms with Crippen molar-refractivity contribution in [1.82, 2.24) is 0 Å². The molecule has 0 heterocycles. The highest BCUT2D eigenvalue weighted by molar-refractivity contribution is 5.68. The van der Waals surface area contributed by atoms with Gasteiger partial charge in [-0.05, 0) is 0 Å². The van der Waals surface area contributed by atoms with Crippen LogP contribution in [0.1, 0.15) is 20.8 Å². The van der Waals surface area contributed by atoms with Crippen molar-refractivity contribution in [3.8, 4) is 0 Å². The van der Waals surface area contributed by atoms with E-state index < -0.39 is 6.10 Å². The van der Waals surface area contributed by atoms with Gasteiger partial charge in [-0.1, -0.05) is 14.4 Å². The first-order chi connectivity index (χ1) is 5.85. The summed E-state index contributed by atoms with van der Waals surface area (Å²) in [5.41, 5.74) is 0. The summed E-state index contributed by atoms with van der Waals surface area (Å²) in [6.07, 6.45) is -0.215. The summed E-state index contributed by atoms with van der Waals surface area (Å²) in [5.74, 6) is -0.263. The Morgan fingerprint density at radius 3 is 2.29 bits per heavy atom.